The first-order chi connectivity index (χ1) is 10.3. The summed E-state index contributed by atoms with van der Waals surface area (Å²) in [5, 5.41) is 3.64. The van der Waals surface area contributed by atoms with Crippen LogP contribution in [0.5, 0.6) is 0 Å². The fraction of sp³-hybridized carbons (Fsp3) is 0.947. The molecule has 5 saturated carbocycles. The van der Waals surface area contributed by atoms with Crippen molar-refractivity contribution < 1.29 is 0 Å². The Bertz CT molecular complexity index is 432. The summed E-state index contributed by atoms with van der Waals surface area (Å²) in [5.41, 5.74) is 1.35. The highest BCUT2D eigenvalue weighted by Crippen LogP contribution is 2.69. The van der Waals surface area contributed by atoms with Crippen LogP contribution in [0.4, 0.5) is 0 Å². The van der Waals surface area contributed by atoms with Gasteiger partial charge in [-0.15, -0.1) is 12.4 Å². The molecule has 6 aliphatic rings. The molecule has 0 aromatic heterocycles. The lowest BCUT2D eigenvalue weighted by Gasteiger charge is -2.66. The van der Waals surface area contributed by atoms with Gasteiger partial charge < -0.3 is 5.32 Å². The maximum atomic E-state index is 4.52. The van der Waals surface area contributed by atoms with Crippen molar-refractivity contribution in [2.45, 2.75) is 76.7 Å². The van der Waals surface area contributed by atoms with Gasteiger partial charge in [0.2, 0.25) is 0 Å². The molecule has 5 fully saturated rings. The highest BCUT2D eigenvalue weighted by Gasteiger charge is 2.61. The zero-order valence-corrected chi connectivity index (χ0v) is 14.5. The minimum Gasteiger partial charge on any atom is -0.371 e. The smallest absolute Gasteiger partial charge is 0.0827 e. The molecule has 4 bridgehead atoms. The highest BCUT2D eigenvalue weighted by atomic mass is 35.5. The van der Waals surface area contributed by atoms with Crippen molar-refractivity contribution in [2.24, 2.45) is 33.6 Å². The zero-order chi connectivity index (χ0) is 13.9. The summed E-state index contributed by atoms with van der Waals surface area (Å²) in [6, 6.07) is 0.673. The van der Waals surface area contributed by atoms with E-state index in [0.29, 0.717) is 11.5 Å². The summed E-state index contributed by atoms with van der Waals surface area (Å²) < 4.78 is 0. The van der Waals surface area contributed by atoms with Gasteiger partial charge in [-0.1, -0.05) is 19.3 Å². The second kappa shape index (κ2) is 5.40. The second-order valence-electron chi connectivity index (χ2n) is 9.23. The maximum Gasteiger partial charge on any atom is 0.0827 e. The van der Waals surface area contributed by atoms with Crippen LogP contribution in [-0.2, 0) is 0 Å². The number of nitrogens with one attached hydrogen (secondary N) is 1. The largest absolute Gasteiger partial charge is 0.371 e. The molecule has 0 aromatic carbocycles. The molecule has 1 N–H and O–H groups in total. The molecule has 1 aliphatic heterocycles. The summed E-state index contributed by atoms with van der Waals surface area (Å²) >= 11 is 0. The van der Waals surface area contributed by atoms with E-state index in [1.807, 2.05) is 6.34 Å². The van der Waals surface area contributed by atoms with Gasteiger partial charge in [0.25, 0.3) is 0 Å². The van der Waals surface area contributed by atoms with Crippen molar-refractivity contribution in [3.63, 3.8) is 0 Å². The molecular weight excluding hydrogens is 292 g/mol. The normalized spacial score (nSPS) is 49.9. The van der Waals surface area contributed by atoms with Crippen LogP contribution in [0.1, 0.15) is 70.6 Å². The summed E-state index contributed by atoms with van der Waals surface area (Å²) in [5.74, 6) is 3.17. The molecular formula is C19H31ClN2. The Morgan fingerprint density at radius 2 is 1.59 bits per heavy atom. The molecule has 3 unspecified atom stereocenters. The van der Waals surface area contributed by atoms with Gasteiger partial charge in [-0.2, -0.15) is 0 Å². The van der Waals surface area contributed by atoms with Gasteiger partial charge in [0, 0.05) is 0 Å². The third-order valence-corrected chi connectivity index (χ3v) is 8.02. The number of rotatable bonds is 2. The number of hydrogen-bond donors (Lipinski definition) is 1. The molecule has 6 rings (SSSR count). The molecule has 22 heavy (non-hydrogen) atoms. The van der Waals surface area contributed by atoms with Gasteiger partial charge >= 0.3 is 0 Å². The van der Waals surface area contributed by atoms with Crippen LogP contribution in [0.25, 0.3) is 0 Å². The van der Waals surface area contributed by atoms with Gasteiger partial charge in [-0.25, -0.2) is 0 Å². The van der Waals surface area contributed by atoms with Crippen molar-refractivity contribution in [1.82, 2.24) is 5.32 Å². The first-order valence-electron chi connectivity index (χ1n) is 9.52. The Labute approximate surface area is 141 Å². The summed E-state index contributed by atoms with van der Waals surface area (Å²) in [4.78, 5) is 4.52. The van der Waals surface area contributed by atoms with Crippen molar-refractivity contribution >= 4 is 18.7 Å². The third-order valence-electron chi connectivity index (χ3n) is 8.02. The number of aliphatic imine (C=N–C) groups is 1. The molecule has 3 heteroatoms. The van der Waals surface area contributed by atoms with E-state index < -0.39 is 0 Å². The Morgan fingerprint density at radius 3 is 2.23 bits per heavy atom. The molecule has 5 aliphatic carbocycles. The van der Waals surface area contributed by atoms with Crippen LogP contribution in [0.3, 0.4) is 0 Å². The van der Waals surface area contributed by atoms with Crippen molar-refractivity contribution in [3.05, 3.63) is 0 Å². The van der Waals surface area contributed by atoms with Crippen LogP contribution < -0.4 is 5.32 Å². The molecule has 124 valence electrons. The average Bonchev–Trinajstić information content (AvgIpc) is 3.02. The summed E-state index contributed by atoms with van der Waals surface area (Å²) in [7, 11) is 0. The number of halogens is 1. The summed E-state index contributed by atoms with van der Waals surface area (Å²) in [6.45, 7) is 1.06. The summed E-state index contributed by atoms with van der Waals surface area (Å²) in [6.07, 6.45) is 18.9. The van der Waals surface area contributed by atoms with Crippen molar-refractivity contribution in [2.75, 3.05) is 6.54 Å². The van der Waals surface area contributed by atoms with Gasteiger partial charge in [-0.05, 0) is 80.0 Å². The Hall–Kier alpha value is -0.240. The zero-order valence-electron chi connectivity index (χ0n) is 13.7. The van der Waals surface area contributed by atoms with E-state index in [-0.39, 0.29) is 12.4 Å². The molecule has 0 aromatic rings. The van der Waals surface area contributed by atoms with Gasteiger partial charge in [0.05, 0.1) is 18.9 Å². The minimum absolute atomic E-state index is 0. The van der Waals surface area contributed by atoms with Gasteiger partial charge in [0.15, 0.2) is 0 Å². The fourth-order valence-corrected chi connectivity index (χ4v) is 7.73. The molecule has 0 spiro atoms. The van der Waals surface area contributed by atoms with Crippen LogP contribution in [0.15, 0.2) is 4.99 Å². The van der Waals surface area contributed by atoms with Crippen molar-refractivity contribution in [1.29, 1.82) is 0 Å². The van der Waals surface area contributed by atoms with Crippen molar-refractivity contribution in [3.8, 4) is 0 Å². The monoisotopic (exact) mass is 322 g/mol. The topological polar surface area (TPSA) is 24.4 Å². The van der Waals surface area contributed by atoms with E-state index in [1.165, 1.54) is 32.1 Å². The molecule has 0 saturated heterocycles. The molecule has 2 nitrogen and oxygen atoms in total. The highest BCUT2D eigenvalue weighted by molar-refractivity contribution is 5.85. The van der Waals surface area contributed by atoms with E-state index in [2.05, 4.69) is 10.3 Å². The molecule has 1 heterocycles. The standard InChI is InChI=1S/C19H30N2.ClH/c1-2-4-16(5-3-1)18-7-14-6-15(8-18)10-19(9-14,12-18)17-11-20-13-21-17;/h13-17H,1-12H2,(H,20,21);1H. The first-order valence-corrected chi connectivity index (χ1v) is 9.52. The average molecular weight is 323 g/mol. The van der Waals surface area contributed by atoms with Gasteiger partial charge in [-0.3, -0.25) is 4.99 Å². The lowest BCUT2D eigenvalue weighted by molar-refractivity contribution is -0.150. The quantitative estimate of drug-likeness (QED) is 0.791. The van der Waals surface area contributed by atoms with E-state index in [1.54, 1.807) is 38.5 Å². The van der Waals surface area contributed by atoms with Crippen LogP contribution >= 0.6 is 12.4 Å². The third kappa shape index (κ3) is 2.16. The van der Waals surface area contributed by atoms with E-state index >= 15 is 0 Å². The predicted octanol–water partition coefficient (Wildman–Crippen LogP) is 4.58. The Morgan fingerprint density at radius 1 is 0.909 bits per heavy atom. The lowest BCUT2D eigenvalue weighted by Crippen LogP contribution is -2.60. The maximum absolute atomic E-state index is 4.52. The SMILES string of the molecule is C1=NCC(C23CC4CC(CC(C5CCCCC5)(C4)C2)C3)N1.Cl. The molecule has 0 amide bonds. The number of hydrogen-bond acceptors (Lipinski definition) is 2. The fourth-order valence-electron chi connectivity index (χ4n) is 7.73. The van der Waals surface area contributed by atoms with E-state index in [9.17, 15) is 0 Å². The molecule has 3 atom stereocenters. The second-order valence-corrected chi connectivity index (χ2v) is 9.23. The number of nitrogens with zero attached hydrogens (tertiary/aromatic N) is 1. The first kappa shape index (κ1) is 15.3. The van der Waals surface area contributed by atoms with Gasteiger partial charge in [0.1, 0.15) is 0 Å². The van der Waals surface area contributed by atoms with E-state index in [0.717, 1.165) is 29.7 Å². The Kier molecular flexibility index (Phi) is 3.75. The van der Waals surface area contributed by atoms with E-state index in [4.69, 9.17) is 0 Å². The minimum atomic E-state index is 0. The van der Waals surface area contributed by atoms with Crippen LogP contribution in [0, 0.1) is 28.6 Å². The Balaban J connectivity index is 0.00000125. The van der Waals surface area contributed by atoms with Crippen LogP contribution in [-0.4, -0.2) is 18.9 Å². The lowest BCUT2D eigenvalue weighted by atomic mass is 9.39. The van der Waals surface area contributed by atoms with Crippen LogP contribution in [0.2, 0.25) is 0 Å². The molecule has 0 radical (unpaired) electrons. The predicted molar refractivity (Wildman–Crippen MR) is 93.7 cm³/mol.